The predicted molar refractivity (Wildman–Crippen MR) is 632 cm³/mol. The fraction of sp³-hybridized carbons (Fsp3) is 1.00. The number of hydrogen-bond donors (Lipinski definition) is 0. The molecule has 30 heteroatoms. The maximum atomic E-state index is 5.49. The Morgan fingerprint density at radius 3 is 0.272 bits per heavy atom. The van der Waals surface area contributed by atoms with Gasteiger partial charge in [-0.2, -0.15) is 0 Å². The van der Waals surface area contributed by atoms with Gasteiger partial charge in [0.05, 0.1) is 304 Å². The highest BCUT2D eigenvalue weighted by Crippen LogP contribution is 2.09. The zero-order chi connectivity index (χ0) is 99.3. The molecule has 0 aliphatic carbocycles. The van der Waals surface area contributed by atoms with E-state index < -0.39 is 0 Å². The fourth-order valence-corrected chi connectivity index (χ4v) is 10.3. The normalized spacial score (nSPS) is 10.3. The summed E-state index contributed by atoms with van der Waals surface area (Å²) in [4.78, 5) is 0. The van der Waals surface area contributed by atoms with E-state index in [2.05, 4.69) is 118 Å². The van der Waals surface area contributed by atoms with Crippen molar-refractivity contribution in [1.29, 1.82) is 0 Å². The van der Waals surface area contributed by atoms with Gasteiger partial charge < -0.3 is 142 Å². The molecule has 0 radical (unpaired) electrons. The molecule has 0 saturated carbocycles. The Morgan fingerprint density at radius 1 is 0.109 bits per heavy atom. The molecule has 0 aromatic carbocycles. The van der Waals surface area contributed by atoms with Crippen LogP contribution < -0.4 is 0 Å². The fourth-order valence-electron chi connectivity index (χ4n) is 10.3. The van der Waals surface area contributed by atoms with Crippen LogP contribution in [0.5, 0.6) is 0 Å². The molecule has 147 heavy (non-hydrogen) atoms. The van der Waals surface area contributed by atoms with E-state index in [0.717, 1.165) is 185 Å². The maximum absolute atomic E-state index is 5.49. The summed E-state index contributed by atoms with van der Waals surface area (Å²) < 4.78 is 160. The van der Waals surface area contributed by atoms with Crippen molar-refractivity contribution in [3.05, 3.63) is 0 Å². The average molecular weight is 2160 g/mol. The summed E-state index contributed by atoms with van der Waals surface area (Å²) in [6.45, 7) is 80.6. The van der Waals surface area contributed by atoms with Crippen molar-refractivity contribution >= 4 is 0 Å². The van der Waals surface area contributed by atoms with E-state index in [1.165, 1.54) is 44.9 Å². The summed E-state index contributed by atoms with van der Waals surface area (Å²) >= 11 is 0. The zero-order valence-electron chi connectivity index (χ0n) is 90.3. The van der Waals surface area contributed by atoms with Gasteiger partial charge in [0.25, 0.3) is 0 Å². The third-order valence-corrected chi connectivity index (χ3v) is 17.6. The molecule has 924 valence electrons. The lowest BCUT2D eigenvalue weighted by Crippen LogP contribution is -2.13. The number of rotatable bonds is 105. The van der Waals surface area contributed by atoms with Crippen LogP contribution in [0.3, 0.4) is 0 Å². The number of ether oxygens (including phenoxy) is 30. The quantitative estimate of drug-likeness (QED) is 0.0512. The summed E-state index contributed by atoms with van der Waals surface area (Å²) in [6.07, 6.45) is 19.7. The zero-order valence-corrected chi connectivity index (χ0v) is 90.3. The van der Waals surface area contributed by atoms with Crippen LogP contribution in [0, 0.1) is 41.4 Å². The van der Waals surface area contributed by atoms with E-state index in [0.29, 0.717) is 304 Å². The predicted octanol–water partition coefficient (Wildman–Crippen LogP) is 26.9. The van der Waals surface area contributed by atoms with Gasteiger partial charge in [0.1, 0.15) is 0 Å². The highest BCUT2D eigenvalue weighted by Gasteiger charge is 2.05. The lowest BCUT2D eigenvalue weighted by molar-refractivity contribution is -0.0112. The molecule has 0 aromatic rings. The van der Waals surface area contributed by atoms with Crippen LogP contribution in [-0.2, 0) is 142 Å². The topological polar surface area (TPSA) is 277 Å². The van der Waals surface area contributed by atoms with Crippen LogP contribution >= 0.6 is 0 Å². The van der Waals surface area contributed by atoms with Crippen LogP contribution in [0.25, 0.3) is 0 Å². The van der Waals surface area contributed by atoms with Crippen molar-refractivity contribution in [1.82, 2.24) is 0 Å². The highest BCUT2D eigenvalue weighted by atomic mass is 16.6. The van der Waals surface area contributed by atoms with E-state index in [4.69, 9.17) is 142 Å². The van der Waals surface area contributed by atoms with E-state index >= 15 is 0 Å². The van der Waals surface area contributed by atoms with E-state index in [-0.39, 0.29) is 104 Å². The van der Waals surface area contributed by atoms with Gasteiger partial charge in [0, 0.05) is 93.5 Å². The molecule has 0 N–H and O–H groups in total. The highest BCUT2D eigenvalue weighted by molar-refractivity contribution is 4.52. The Hall–Kier alpha value is -1.20. The third kappa shape index (κ3) is 241. The monoisotopic (exact) mass is 2160 g/mol. The lowest BCUT2D eigenvalue weighted by Gasteiger charge is -2.08. The third-order valence-electron chi connectivity index (χ3n) is 17.6. The Balaban J connectivity index is -0.0000000654. The first kappa shape index (κ1) is 196. The summed E-state index contributed by atoms with van der Waals surface area (Å²) in [5, 5.41) is 0. The van der Waals surface area contributed by atoms with Crippen LogP contribution in [0.2, 0.25) is 0 Å². The molecule has 0 rings (SSSR count). The van der Waals surface area contributed by atoms with Gasteiger partial charge >= 0.3 is 0 Å². The van der Waals surface area contributed by atoms with Gasteiger partial charge in [0.2, 0.25) is 0 Å². The van der Waals surface area contributed by atoms with Crippen molar-refractivity contribution in [2.45, 2.75) is 345 Å². The van der Waals surface area contributed by atoms with Crippen molar-refractivity contribution in [2.24, 2.45) is 41.4 Å². The van der Waals surface area contributed by atoms with E-state index in [9.17, 15) is 0 Å². The number of hydrogen-bond acceptors (Lipinski definition) is 30. The van der Waals surface area contributed by atoms with Crippen molar-refractivity contribution < 1.29 is 142 Å². The maximum Gasteiger partial charge on any atom is 0.0701 e. The second-order valence-electron chi connectivity index (χ2n) is 34.1. The first-order valence-corrected chi connectivity index (χ1v) is 52.0. The minimum Gasteiger partial charge on any atom is -0.382 e. The molecule has 0 heterocycles. The van der Waals surface area contributed by atoms with Gasteiger partial charge in [-0.3, -0.25) is 0 Å². The molecular formula is C117H276O30. The first-order valence-electron chi connectivity index (χ1n) is 52.0. The average Bonchev–Trinajstić information content (AvgIpc) is 1.14. The molecule has 30 nitrogen and oxygen atoms in total. The Bertz CT molecular complexity index is 1850. The molecule has 0 aromatic heterocycles. The van der Waals surface area contributed by atoms with Gasteiger partial charge in [-0.25, -0.2) is 0 Å². The second-order valence-corrected chi connectivity index (χ2v) is 34.1. The largest absolute Gasteiger partial charge is 0.382 e. The molecule has 0 atom stereocenters. The molecule has 0 aliphatic rings. The SMILES string of the molecule is C.C.C.C.C.C.C.C.C.C.C.C.C.C.CCCOCCOCCOCCCC(C)C.CCCOCCOCCOCCOCCCC(C)C.CCCOCCOCCOCCOCCOCCCC(C)C.CCOCCOCCOCCOCCCC(C)C.CCOCCOCCOCCOCCOCCCC(C)C.COCCOCCOCCOCCCC(C)C.COCCOCCOCCOCCOCCCC(C)C. The van der Waals surface area contributed by atoms with Gasteiger partial charge in [-0.05, 0) is 164 Å². The van der Waals surface area contributed by atoms with Crippen LogP contribution in [0.1, 0.15) is 345 Å². The van der Waals surface area contributed by atoms with Crippen molar-refractivity contribution in [3.63, 3.8) is 0 Å². The minimum absolute atomic E-state index is 0. The first-order chi connectivity index (χ1) is 64.9. The van der Waals surface area contributed by atoms with Crippen LogP contribution in [-0.4, -0.2) is 397 Å². The Labute approximate surface area is 921 Å². The Morgan fingerprint density at radius 2 is 0.190 bits per heavy atom. The summed E-state index contributed by atoms with van der Waals surface area (Å²) in [7, 11) is 3.32. The number of methoxy groups -OCH3 is 2. The molecule has 0 fully saturated rings. The van der Waals surface area contributed by atoms with Crippen LogP contribution in [0.4, 0.5) is 0 Å². The molecule has 0 aliphatic heterocycles. The summed E-state index contributed by atoms with van der Waals surface area (Å²) in [5.41, 5.74) is 0. The second kappa shape index (κ2) is 192. The van der Waals surface area contributed by atoms with Gasteiger partial charge in [-0.1, -0.05) is 222 Å². The van der Waals surface area contributed by atoms with Gasteiger partial charge in [0.15, 0.2) is 0 Å². The van der Waals surface area contributed by atoms with Gasteiger partial charge in [-0.15, -0.1) is 0 Å². The molecule has 0 spiro atoms. The van der Waals surface area contributed by atoms with Crippen molar-refractivity contribution in [2.75, 3.05) is 397 Å². The smallest absolute Gasteiger partial charge is 0.0701 e. The molecular weight excluding hydrogens is 1890 g/mol. The summed E-state index contributed by atoms with van der Waals surface area (Å²) in [6, 6.07) is 0. The molecule has 0 unspecified atom stereocenters. The Kier molecular flexibility index (Phi) is 257. The molecule has 0 amide bonds. The van der Waals surface area contributed by atoms with Crippen molar-refractivity contribution in [3.8, 4) is 0 Å². The van der Waals surface area contributed by atoms with Crippen LogP contribution in [0.15, 0.2) is 0 Å². The van der Waals surface area contributed by atoms with E-state index in [1.54, 1.807) is 14.2 Å². The lowest BCUT2D eigenvalue weighted by atomic mass is 10.1. The van der Waals surface area contributed by atoms with E-state index in [1.807, 2.05) is 13.8 Å². The minimum atomic E-state index is 0. The standard InChI is InChI=1S/C17H36O5.C16H34O5.C15H32O5.C15H32O4.C14H30O4.C13H28O4.C13H28O3.14CH4/c1-4-7-18-9-11-20-13-15-22-16-14-21-12-10-19-8-5-6-17(2)3;1-4-17-8-9-19-12-13-21-15-14-20-11-10-18-7-5-6-16(2)3;1-15(2)5-4-6-17-9-10-19-13-14-20-12-11-18-8-7-16-3;1-4-7-16-9-11-18-13-14-19-12-10-17-8-5-6-15(2)3;1-4-15-8-9-17-12-13-18-11-10-16-7-5-6-14(2)3;1-13(2)5-4-6-15-9-10-17-12-11-16-8-7-14-3;1-4-7-14-9-11-16-12-10-15-8-5-6-13(2)3;;;;;;;;;;;;;;/h17H,4-16H2,1-3H3;16H,4-15H2,1-3H3;15H,4-14H2,1-3H3;15H,4-14H2,1-3H3;14H,4-13H2,1-3H3;13H,4-12H2,1-3H3;13H,4-12H2,1-3H3;14*1H4. The molecule has 0 saturated heterocycles. The molecule has 0 bridgehead atoms. The summed E-state index contributed by atoms with van der Waals surface area (Å²) in [5.74, 6) is 5.33.